The number of nitrogens with one attached hydrogen (secondary N) is 3. The van der Waals surface area contributed by atoms with Crippen LogP contribution in [0.2, 0.25) is 5.02 Å². The second-order valence-corrected chi connectivity index (χ2v) is 4.79. The molecular formula is C15H15ClFN3O. The molecule has 0 heterocycles. The van der Waals surface area contributed by atoms with Crippen molar-refractivity contribution >= 4 is 29.0 Å². The van der Waals surface area contributed by atoms with Crippen molar-refractivity contribution in [3.8, 4) is 0 Å². The van der Waals surface area contributed by atoms with E-state index >= 15 is 0 Å². The number of hydrogen-bond acceptors (Lipinski definition) is 2. The van der Waals surface area contributed by atoms with Crippen LogP contribution in [0.1, 0.15) is 5.56 Å². The van der Waals surface area contributed by atoms with Gasteiger partial charge in [-0.15, -0.1) is 0 Å². The molecule has 0 unspecified atom stereocenters. The highest BCUT2D eigenvalue weighted by Crippen LogP contribution is 2.18. The molecule has 0 aliphatic rings. The lowest BCUT2D eigenvalue weighted by molar-refractivity contribution is 0.254. The third kappa shape index (κ3) is 4.36. The van der Waals surface area contributed by atoms with Crippen molar-refractivity contribution in [1.29, 1.82) is 0 Å². The second kappa shape index (κ2) is 6.95. The van der Waals surface area contributed by atoms with Crippen LogP contribution < -0.4 is 16.0 Å². The average Bonchev–Trinajstić information content (AvgIpc) is 2.50. The molecule has 0 atom stereocenters. The van der Waals surface area contributed by atoms with Crippen molar-refractivity contribution in [2.45, 2.75) is 6.54 Å². The molecule has 6 heteroatoms. The summed E-state index contributed by atoms with van der Waals surface area (Å²) < 4.78 is 13.3. The van der Waals surface area contributed by atoms with Crippen molar-refractivity contribution in [2.24, 2.45) is 0 Å². The Morgan fingerprint density at radius 2 is 1.81 bits per heavy atom. The standard InChI is InChI=1S/C15H15ClFN3O/c1-18-15(21)20-12-5-3-11(4-6-12)19-9-10-2-7-13(16)14(17)8-10/h2-8,19H,9H2,1H3,(H2,18,20,21). The first-order valence-electron chi connectivity index (χ1n) is 6.35. The summed E-state index contributed by atoms with van der Waals surface area (Å²) in [5.74, 6) is -0.430. The zero-order valence-electron chi connectivity index (χ0n) is 11.4. The van der Waals surface area contributed by atoms with Gasteiger partial charge in [-0.1, -0.05) is 17.7 Å². The lowest BCUT2D eigenvalue weighted by atomic mass is 10.2. The first-order valence-corrected chi connectivity index (χ1v) is 6.73. The Kier molecular flexibility index (Phi) is 5.00. The van der Waals surface area contributed by atoms with Crippen molar-refractivity contribution in [3.05, 3.63) is 58.9 Å². The van der Waals surface area contributed by atoms with E-state index in [1.165, 1.54) is 12.1 Å². The molecule has 0 aliphatic carbocycles. The van der Waals surface area contributed by atoms with Crippen LogP contribution in [-0.4, -0.2) is 13.1 Å². The van der Waals surface area contributed by atoms with E-state index in [0.717, 1.165) is 11.3 Å². The number of anilines is 2. The summed E-state index contributed by atoms with van der Waals surface area (Å²) in [6.07, 6.45) is 0. The molecule has 2 rings (SSSR count). The Balaban J connectivity index is 1.94. The molecule has 2 amide bonds. The number of carbonyl (C=O) groups excluding carboxylic acids is 1. The SMILES string of the molecule is CNC(=O)Nc1ccc(NCc2ccc(Cl)c(F)c2)cc1. The molecule has 4 nitrogen and oxygen atoms in total. The summed E-state index contributed by atoms with van der Waals surface area (Å²) >= 11 is 5.63. The maximum absolute atomic E-state index is 13.3. The van der Waals surface area contributed by atoms with E-state index in [9.17, 15) is 9.18 Å². The zero-order valence-corrected chi connectivity index (χ0v) is 12.2. The van der Waals surface area contributed by atoms with Crippen molar-refractivity contribution < 1.29 is 9.18 Å². The van der Waals surface area contributed by atoms with Crippen LogP contribution in [0.3, 0.4) is 0 Å². The first kappa shape index (κ1) is 15.1. The van der Waals surface area contributed by atoms with Gasteiger partial charge in [-0.25, -0.2) is 9.18 Å². The fourth-order valence-electron chi connectivity index (χ4n) is 1.72. The molecule has 3 N–H and O–H groups in total. The zero-order chi connectivity index (χ0) is 15.2. The van der Waals surface area contributed by atoms with Gasteiger partial charge in [0.2, 0.25) is 0 Å². The number of amides is 2. The minimum Gasteiger partial charge on any atom is -0.381 e. The van der Waals surface area contributed by atoms with Gasteiger partial charge in [0.1, 0.15) is 5.82 Å². The highest BCUT2D eigenvalue weighted by Gasteiger charge is 2.02. The molecule has 0 aliphatic heterocycles. The topological polar surface area (TPSA) is 53.2 Å². The van der Waals surface area contributed by atoms with E-state index in [1.807, 2.05) is 12.1 Å². The lowest BCUT2D eigenvalue weighted by Crippen LogP contribution is -2.24. The first-order chi connectivity index (χ1) is 10.1. The van der Waals surface area contributed by atoms with E-state index < -0.39 is 5.82 Å². The van der Waals surface area contributed by atoms with Gasteiger partial charge in [0.05, 0.1) is 5.02 Å². The molecule has 2 aromatic rings. The van der Waals surface area contributed by atoms with Gasteiger partial charge in [-0.3, -0.25) is 0 Å². The monoisotopic (exact) mass is 307 g/mol. The van der Waals surface area contributed by atoms with Crippen molar-refractivity contribution in [3.63, 3.8) is 0 Å². The average molecular weight is 308 g/mol. The number of benzene rings is 2. The fourth-order valence-corrected chi connectivity index (χ4v) is 1.84. The Labute approximate surface area is 127 Å². The number of hydrogen-bond donors (Lipinski definition) is 3. The number of rotatable bonds is 4. The maximum atomic E-state index is 13.3. The Bertz CT molecular complexity index is 631. The molecule has 0 fully saturated rings. The van der Waals surface area contributed by atoms with Crippen LogP contribution in [0.4, 0.5) is 20.6 Å². The van der Waals surface area contributed by atoms with E-state index in [2.05, 4.69) is 16.0 Å². The highest BCUT2D eigenvalue weighted by molar-refractivity contribution is 6.30. The van der Waals surface area contributed by atoms with Gasteiger partial charge in [0, 0.05) is 25.0 Å². The number of urea groups is 1. The number of carbonyl (C=O) groups is 1. The molecule has 0 spiro atoms. The lowest BCUT2D eigenvalue weighted by Gasteiger charge is -2.09. The van der Waals surface area contributed by atoms with Gasteiger partial charge in [-0.2, -0.15) is 0 Å². The summed E-state index contributed by atoms with van der Waals surface area (Å²) in [7, 11) is 1.55. The molecule has 0 aromatic heterocycles. The molecule has 110 valence electrons. The summed E-state index contributed by atoms with van der Waals surface area (Å²) in [6.45, 7) is 0.482. The largest absolute Gasteiger partial charge is 0.381 e. The van der Waals surface area contributed by atoms with E-state index in [-0.39, 0.29) is 11.1 Å². The van der Waals surface area contributed by atoms with Gasteiger partial charge in [0.25, 0.3) is 0 Å². The highest BCUT2D eigenvalue weighted by atomic mass is 35.5. The number of halogens is 2. The molecule has 0 radical (unpaired) electrons. The third-order valence-electron chi connectivity index (χ3n) is 2.85. The molecule has 21 heavy (non-hydrogen) atoms. The molecule has 0 saturated heterocycles. The van der Waals surface area contributed by atoms with E-state index in [1.54, 1.807) is 25.2 Å². The predicted molar refractivity (Wildman–Crippen MR) is 83.3 cm³/mol. The Hall–Kier alpha value is -2.27. The summed E-state index contributed by atoms with van der Waals surface area (Å²) in [6, 6.07) is 11.6. The van der Waals surface area contributed by atoms with Crippen LogP contribution in [0.25, 0.3) is 0 Å². The van der Waals surface area contributed by atoms with Crippen LogP contribution in [0.15, 0.2) is 42.5 Å². The van der Waals surface area contributed by atoms with Gasteiger partial charge in [-0.05, 0) is 42.0 Å². The Morgan fingerprint density at radius 1 is 1.14 bits per heavy atom. The molecule has 2 aromatic carbocycles. The van der Waals surface area contributed by atoms with Crippen molar-refractivity contribution in [2.75, 3.05) is 17.7 Å². The van der Waals surface area contributed by atoms with Gasteiger partial charge < -0.3 is 16.0 Å². The summed E-state index contributed by atoms with van der Waals surface area (Å²) in [4.78, 5) is 11.2. The Morgan fingerprint density at radius 3 is 2.43 bits per heavy atom. The minimum absolute atomic E-state index is 0.114. The summed E-state index contributed by atoms with van der Waals surface area (Å²) in [5, 5.41) is 8.42. The smallest absolute Gasteiger partial charge is 0.318 e. The van der Waals surface area contributed by atoms with Crippen LogP contribution >= 0.6 is 11.6 Å². The molecule has 0 bridgehead atoms. The molecular weight excluding hydrogens is 293 g/mol. The quantitative estimate of drug-likeness (QED) is 0.804. The van der Waals surface area contributed by atoms with E-state index in [0.29, 0.717) is 12.2 Å². The van der Waals surface area contributed by atoms with Crippen LogP contribution in [0, 0.1) is 5.82 Å². The van der Waals surface area contributed by atoms with Crippen LogP contribution in [-0.2, 0) is 6.54 Å². The fraction of sp³-hybridized carbons (Fsp3) is 0.133. The molecule has 0 saturated carbocycles. The van der Waals surface area contributed by atoms with E-state index in [4.69, 9.17) is 11.6 Å². The third-order valence-corrected chi connectivity index (χ3v) is 3.16. The second-order valence-electron chi connectivity index (χ2n) is 4.38. The summed E-state index contributed by atoms with van der Waals surface area (Å²) in [5.41, 5.74) is 2.36. The van der Waals surface area contributed by atoms with Crippen LogP contribution in [0.5, 0.6) is 0 Å². The van der Waals surface area contributed by atoms with Crippen molar-refractivity contribution in [1.82, 2.24) is 5.32 Å². The maximum Gasteiger partial charge on any atom is 0.318 e. The normalized spacial score (nSPS) is 10.0. The van der Waals surface area contributed by atoms with Gasteiger partial charge in [0.15, 0.2) is 0 Å². The minimum atomic E-state index is -0.430. The predicted octanol–water partition coefficient (Wildman–Crippen LogP) is 3.84. The van der Waals surface area contributed by atoms with Gasteiger partial charge >= 0.3 is 6.03 Å².